The van der Waals surface area contributed by atoms with E-state index in [2.05, 4.69) is 26.6 Å². The van der Waals surface area contributed by atoms with Gasteiger partial charge in [0.1, 0.15) is 23.8 Å². The second-order valence-corrected chi connectivity index (χ2v) is 6.05. The first-order chi connectivity index (χ1) is 12.5. The lowest BCUT2D eigenvalue weighted by atomic mass is 10.3. The lowest BCUT2D eigenvalue weighted by molar-refractivity contribution is -0.127. The van der Waals surface area contributed by atoms with Crippen molar-refractivity contribution in [1.29, 1.82) is 0 Å². The number of hydrogen-bond acceptors (Lipinski definition) is 5. The normalized spacial score (nSPS) is 15.3. The predicted molar refractivity (Wildman–Crippen MR) is 96.3 cm³/mol. The Morgan fingerprint density at radius 2 is 2.08 bits per heavy atom. The van der Waals surface area contributed by atoms with Crippen molar-refractivity contribution in [1.82, 2.24) is 10.2 Å². The molecule has 0 spiro atoms. The summed E-state index contributed by atoms with van der Waals surface area (Å²) in [7, 11) is 1.48. The number of carbonyl (C=O) groups excluding carboxylic acids is 3. The first-order valence-corrected chi connectivity index (χ1v) is 8.30. The number of imide groups is 1. The molecule has 134 valence electrons. The fraction of sp³-hybridized carbons (Fsp3) is 0.118. The smallest absolute Gasteiger partial charge is 0.329 e. The molecule has 2 aromatic rings. The summed E-state index contributed by atoms with van der Waals surface area (Å²) in [4.78, 5) is 37.4. The lowest BCUT2D eigenvalue weighted by Crippen LogP contribution is -2.38. The van der Waals surface area contributed by atoms with Crippen LogP contribution in [0.1, 0.15) is 5.76 Å². The average Bonchev–Trinajstić information content (AvgIpc) is 3.13. The van der Waals surface area contributed by atoms with E-state index in [0.717, 1.165) is 4.90 Å². The predicted octanol–water partition coefficient (Wildman–Crippen LogP) is 2.58. The Bertz CT molecular complexity index is 905. The summed E-state index contributed by atoms with van der Waals surface area (Å²) < 4.78 is 10.9. The van der Waals surface area contributed by atoms with Crippen LogP contribution < -0.4 is 15.4 Å². The molecule has 8 nitrogen and oxygen atoms in total. The maximum atomic E-state index is 12.4. The van der Waals surface area contributed by atoms with E-state index in [9.17, 15) is 14.4 Å². The maximum absolute atomic E-state index is 12.4. The molecule has 3 rings (SSSR count). The van der Waals surface area contributed by atoms with Crippen LogP contribution in [0, 0.1) is 0 Å². The number of benzene rings is 1. The van der Waals surface area contributed by atoms with Crippen LogP contribution in [0.3, 0.4) is 0 Å². The van der Waals surface area contributed by atoms with Crippen molar-refractivity contribution in [3.05, 3.63) is 52.5 Å². The number of nitrogens with one attached hydrogen (secondary N) is 2. The molecule has 0 bridgehead atoms. The van der Waals surface area contributed by atoms with Gasteiger partial charge in [0.25, 0.3) is 5.91 Å². The first kappa shape index (κ1) is 17.7. The van der Waals surface area contributed by atoms with Crippen molar-refractivity contribution < 1.29 is 23.5 Å². The molecule has 2 N–H and O–H groups in total. The average molecular weight is 420 g/mol. The Labute approximate surface area is 156 Å². The molecule has 1 saturated heterocycles. The van der Waals surface area contributed by atoms with Crippen molar-refractivity contribution >= 4 is 45.5 Å². The Morgan fingerprint density at radius 1 is 1.31 bits per heavy atom. The highest BCUT2D eigenvalue weighted by atomic mass is 79.9. The molecule has 9 heteroatoms. The summed E-state index contributed by atoms with van der Waals surface area (Å²) in [5.41, 5.74) is 0.477. The van der Waals surface area contributed by atoms with Gasteiger partial charge in [-0.3, -0.25) is 9.59 Å². The highest BCUT2D eigenvalue weighted by Crippen LogP contribution is 2.23. The van der Waals surface area contributed by atoms with Gasteiger partial charge in [0.2, 0.25) is 5.91 Å². The number of methoxy groups -OCH3 is 1. The molecule has 4 amide bonds. The molecule has 0 atom stereocenters. The van der Waals surface area contributed by atoms with Crippen LogP contribution in [-0.2, 0) is 9.59 Å². The van der Waals surface area contributed by atoms with E-state index in [1.54, 1.807) is 36.4 Å². The lowest BCUT2D eigenvalue weighted by Gasteiger charge is -2.13. The minimum atomic E-state index is -0.679. The Morgan fingerprint density at radius 3 is 2.77 bits per heavy atom. The Kier molecular flexibility index (Phi) is 5.08. The van der Waals surface area contributed by atoms with Gasteiger partial charge in [-0.25, -0.2) is 9.69 Å². The number of anilines is 1. The second-order valence-electron chi connectivity index (χ2n) is 5.27. The molecule has 1 aromatic carbocycles. The second kappa shape index (κ2) is 7.44. The molecule has 0 aliphatic carbocycles. The zero-order chi connectivity index (χ0) is 18.7. The van der Waals surface area contributed by atoms with Gasteiger partial charge in [-0.2, -0.15) is 0 Å². The molecular formula is C17H14BrN3O5. The minimum Gasteiger partial charge on any atom is -0.495 e. The third-order valence-electron chi connectivity index (χ3n) is 3.53. The van der Waals surface area contributed by atoms with E-state index in [1.807, 2.05) is 0 Å². The summed E-state index contributed by atoms with van der Waals surface area (Å²) in [5, 5.41) is 5.04. The summed E-state index contributed by atoms with van der Waals surface area (Å²) in [6, 6.07) is 9.44. The summed E-state index contributed by atoms with van der Waals surface area (Å²) in [6.45, 7) is -0.429. The number of ether oxygens (including phenoxy) is 1. The molecule has 1 aliphatic rings. The molecular weight excluding hydrogens is 406 g/mol. The SMILES string of the molecule is COc1ccccc1NC(=O)CN1C(=O)N/C(=C/c2ccc(Br)o2)C1=O. The molecule has 2 heterocycles. The van der Waals surface area contributed by atoms with E-state index in [-0.39, 0.29) is 5.70 Å². The fourth-order valence-electron chi connectivity index (χ4n) is 2.34. The van der Waals surface area contributed by atoms with Crippen LogP contribution in [-0.4, -0.2) is 36.4 Å². The zero-order valence-electron chi connectivity index (χ0n) is 13.6. The first-order valence-electron chi connectivity index (χ1n) is 7.50. The number of nitrogens with zero attached hydrogens (tertiary/aromatic N) is 1. The number of furan rings is 1. The van der Waals surface area contributed by atoms with Crippen LogP contribution in [0.4, 0.5) is 10.5 Å². The van der Waals surface area contributed by atoms with Gasteiger partial charge < -0.3 is 19.8 Å². The topological polar surface area (TPSA) is 101 Å². The number of para-hydroxylation sites is 2. The largest absolute Gasteiger partial charge is 0.495 e. The zero-order valence-corrected chi connectivity index (χ0v) is 15.2. The standard InChI is InChI=1S/C17H14BrN3O5/c1-25-13-5-3-2-4-11(13)19-15(22)9-21-16(23)12(20-17(21)24)8-10-6-7-14(18)26-10/h2-8H,9H2,1H3,(H,19,22)(H,20,24)/b12-8+. The third kappa shape index (κ3) is 3.77. The van der Waals surface area contributed by atoms with Crippen LogP contribution in [0.5, 0.6) is 5.75 Å². The van der Waals surface area contributed by atoms with E-state index >= 15 is 0 Å². The number of halogens is 1. The van der Waals surface area contributed by atoms with Crippen LogP contribution in [0.2, 0.25) is 0 Å². The summed E-state index contributed by atoms with van der Waals surface area (Å²) in [5.74, 6) is -0.277. The molecule has 0 radical (unpaired) electrons. The molecule has 0 saturated carbocycles. The highest BCUT2D eigenvalue weighted by molar-refractivity contribution is 9.10. The Balaban J connectivity index is 1.69. The van der Waals surface area contributed by atoms with Gasteiger partial charge in [0.15, 0.2) is 4.67 Å². The quantitative estimate of drug-likeness (QED) is 0.572. The van der Waals surface area contributed by atoms with Gasteiger partial charge in [-0.1, -0.05) is 12.1 Å². The van der Waals surface area contributed by atoms with E-state index in [1.165, 1.54) is 13.2 Å². The minimum absolute atomic E-state index is 0.0296. The highest BCUT2D eigenvalue weighted by Gasteiger charge is 2.35. The van der Waals surface area contributed by atoms with Crippen molar-refractivity contribution in [3.63, 3.8) is 0 Å². The third-order valence-corrected chi connectivity index (χ3v) is 3.95. The van der Waals surface area contributed by atoms with Crippen LogP contribution >= 0.6 is 15.9 Å². The monoisotopic (exact) mass is 419 g/mol. The number of urea groups is 1. The number of amides is 4. The Hall–Kier alpha value is -3.07. The molecule has 1 fully saturated rings. The van der Waals surface area contributed by atoms with Crippen molar-refractivity contribution in [2.75, 3.05) is 19.0 Å². The van der Waals surface area contributed by atoms with Gasteiger partial charge in [0.05, 0.1) is 12.8 Å². The number of carbonyl (C=O) groups is 3. The molecule has 1 aliphatic heterocycles. The summed E-state index contributed by atoms with van der Waals surface area (Å²) in [6.07, 6.45) is 1.39. The van der Waals surface area contributed by atoms with Gasteiger partial charge in [-0.05, 0) is 40.2 Å². The van der Waals surface area contributed by atoms with Crippen molar-refractivity contribution in [3.8, 4) is 5.75 Å². The van der Waals surface area contributed by atoms with Gasteiger partial charge in [0, 0.05) is 6.08 Å². The number of hydrogen-bond donors (Lipinski definition) is 2. The van der Waals surface area contributed by atoms with Crippen LogP contribution in [0.15, 0.2) is 51.2 Å². The van der Waals surface area contributed by atoms with Gasteiger partial charge in [-0.15, -0.1) is 0 Å². The van der Waals surface area contributed by atoms with E-state index < -0.39 is 24.4 Å². The number of rotatable bonds is 5. The van der Waals surface area contributed by atoms with E-state index in [0.29, 0.717) is 21.9 Å². The molecule has 1 aromatic heterocycles. The van der Waals surface area contributed by atoms with Crippen molar-refractivity contribution in [2.45, 2.75) is 0 Å². The van der Waals surface area contributed by atoms with Crippen LogP contribution in [0.25, 0.3) is 6.08 Å². The summed E-state index contributed by atoms with van der Waals surface area (Å²) >= 11 is 3.15. The fourth-order valence-corrected chi connectivity index (χ4v) is 2.66. The van der Waals surface area contributed by atoms with E-state index in [4.69, 9.17) is 9.15 Å². The van der Waals surface area contributed by atoms with Gasteiger partial charge >= 0.3 is 6.03 Å². The molecule has 26 heavy (non-hydrogen) atoms. The van der Waals surface area contributed by atoms with Crippen molar-refractivity contribution in [2.24, 2.45) is 0 Å². The molecule has 0 unspecified atom stereocenters. The maximum Gasteiger partial charge on any atom is 0.329 e.